The molecule has 1 N–H and O–H groups in total. The third-order valence-electron chi connectivity index (χ3n) is 5.34. The molecule has 1 aliphatic carbocycles. The minimum Gasteiger partial charge on any atom is -0.361 e. The summed E-state index contributed by atoms with van der Waals surface area (Å²) in [4.78, 5) is 8.46. The van der Waals surface area contributed by atoms with Crippen LogP contribution in [0.5, 0.6) is 0 Å². The molecule has 2 heterocycles. The minimum absolute atomic E-state index is 0.567. The number of aryl methyl sites for hydroxylation is 2. The minimum atomic E-state index is 0.567. The summed E-state index contributed by atoms with van der Waals surface area (Å²) in [5, 5.41) is 4.12. The Morgan fingerprint density at radius 2 is 1.93 bits per heavy atom. The van der Waals surface area contributed by atoms with Crippen molar-refractivity contribution in [2.45, 2.75) is 32.6 Å². The van der Waals surface area contributed by atoms with Crippen LogP contribution in [0.1, 0.15) is 47.2 Å². The summed E-state index contributed by atoms with van der Waals surface area (Å²) in [7, 11) is 0. The molecule has 0 unspecified atom stereocenters. The van der Waals surface area contributed by atoms with Crippen molar-refractivity contribution >= 4 is 16.6 Å². The lowest BCUT2D eigenvalue weighted by Crippen LogP contribution is -1.91. The van der Waals surface area contributed by atoms with Crippen molar-refractivity contribution < 1.29 is 4.52 Å². The molecule has 1 fully saturated rings. The molecule has 5 rings (SSSR count). The van der Waals surface area contributed by atoms with Crippen LogP contribution in [-0.2, 0) is 0 Å². The van der Waals surface area contributed by atoms with Crippen LogP contribution < -0.4 is 0 Å². The number of nitrogens with zero attached hydrogens (tertiary/aromatic N) is 2. The van der Waals surface area contributed by atoms with Gasteiger partial charge in [-0.2, -0.15) is 0 Å². The van der Waals surface area contributed by atoms with Crippen molar-refractivity contribution in [2.75, 3.05) is 0 Å². The van der Waals surface area contributed by atoms with Gasteiger partial charge >= 0.3 is 0 Å². The number of hydrogen-bond acceptors (Lipinski definition) is 3. The van der Waals surface area contributed by atoms with E-state index >= 15 is 0 Å². The summed E-state index contributed by atoms with van der Waals surface area (Å²) < 4.78 is 5.40. The maximum atomic E-state index is 5.40. The third kappa shape index (κ3) is 2.69. The zero-order chi connectivity index (χ0) is 18.5. The van der Waals surface area contributed by atoms with Gasteiger partial charge in [0, 0.05) is 17.0 Å². The molecule has 0 aliphatic heterocycles. The van der Waals surface area contributed by atoms with Gasteiger partial charge in [0.25, 0.3) is 0 Å². The molecule has 4 aromatic rings. The Bertz CT molecular complexity index is 1140. The molecule has 0 atom stereocenters. The molecule has 0 spiro atoms. The standard InChI is InChI=1S/C23H21N3O/c1-13(16-7-5-4-6-8-16)19-11-18(21-14(2)26-27-15(21)3)12-20-22(19)25-23(24-20)17-9-10-17/h4-8,11-12,17H,1,9-10H2,2-3H3,(H,24,25). The fourth-order valence-corrected chi connectivity index (χ4v) is 3.75. The largest absolute Gasteiger partial charge is 0.361 e. The first-order valence-electron chi connectivity index (χ1n) is 9.33. The average molecular weight is 355 g/mol. The van der Waals surface area contributed by atoms with Gasteiger partial charge in [-0.15, -0.1) is 0 Å². The zero-order valence-corrected chi connectivity index (χ0v) is 15.5. The number of rotatable bonds is 4. The molecule has 0 saturated heterocycles. The predicted octanol–water partition coefficient (Wildman–Crippen LogP) is 5.77. The molecule has 0 radical (unpaired) electrons. The van der Waals surface area contributed by atoms with Gasteiger partial charge in [0.05, 0.1) is 16.7 Å². The summed E-state index contributed by atoms with van der Waals surface area (Å²) in [5.41, 5.74) is 8.20. The van der Waals surface area contributed by atoms with Crippen molar-refractivity contribution in [3.8, 4) is 11.1 Å². The van der Waals surface area contributed by atoms with E-state index in [0.29, 0.717) is 5.92 Å². The number of H-pyrrole nitrogens is 1. The molecular formula is C23H21N3O. The van der Waals surface area contributed by atoms with E-state index in [1.807, 2.05) is 32.0 Å². The molecule has 4 heteroatoms. The number of fused-ring (bicyclic) bond motifs is 1. The van der Waals surface area contributed by atoms with Gasteiger partial charge in [-0.25, -0.2) is 4.98 Å². The molecule has 0 amide bonds. The van der Waals surface area contributed by atoms with Crippen LogP contribution >= 0.6 is 0 Å². The highest BCUT2D eigenvalue weighted by molar-refractivity contribution is 5.97. The lowest BCUT2D eigenvalue weighted by Gasteiger charge is -2.10. The van der Waals surface area contributed by atoms with Crippen molar-refractivity contribution in [1.82, 2.24) is 15.1 Å². The maximum absolute atomic E-state index is 5.40. The van der Waals surface area contributed by atoms with Crippen LogP contribution in [0.2, 0.25) is 0 Å². The van der Waals surface area contributed by atoms with E-state index < -0.39 is 0 Å². The van der Waals surface area contributed by atoms with Crippen LogP contribution in [0.4, 0.5) is 0 Å². The molecule has 4 nitrogen and oxygen atoms in total. The van der Waals surface area contributed by atoms with Gasteiger partial charge in [0.15, 0.2) is 0 Å². The van der Waals surface area contributed by atoms with Crippen molar-refractivity contribution in [3.05, 3.63) is 77.4 Å². The first-order chi connectivity index (χ1) is 13.1. The van der Waals surface area contributed by atoms with Crippen LogP contribution in [0.3, 0.4) is 0 Å². The fraction of sp³-hybridized carbons (Fsp3) is 0.217. The monoisotopic (exact) mass is 355 g/mol. The topological polar surface area (TPSA) is 54.7 Å². The number of aromatic nitrogens is 3. The van der Waals surface area contributed by atoms with Crippen LogP contribution in [0.15, 0.2) is 53.6 Å². The van der Waals surface area contributed by atoms with Crippen molar-refractivity contribution in [2.24, 2.45) is 0 Å². The van der Waals surface area contributed by atoms with Crippen LogP contribution in [0, 0.1) is 13.8 Å². The lowest BCUT2D eigenvalue weighted by molar-refractivity contribution is 0.393. The summed E-state index contributed by atoms with van der Waals surface area (Å²) >= 11 is 0. The quantitative estimate of drug-likeness (QED) is 0.505. The highest BCUT2D eigenvalue weighted by Crippen LogP contribution is 2.41. The Kier molecular flexibility index (Phi) is 3.54. The normalized spacial score (nSPS) is 14.0. The van der Waals surface area contributed by atoms with E-state index in [9.17, 15) is 0 Å². The van der Waals surface area contributed by atoms with E-state index in [4.69, 9.17) is 9.51 Å². The van der Waals surface area contributed by atoms with Gasteiger partial charge in [0.1, 0.15) is 11.6 Å². The summed E-state index contributed by atoms with van der Waals surface area (Å²) in [6, 6.07) is 14.6. The first kappa shape index (κ1) is 16.1. The van der Waals surface area contributed by atoms with Gasteiger partial charge in [-0.3, -0.25) is 0 Å². The number of aromatic amines is 1. The molecule has 1 aliphatic rings. The molecule has 2 aromatic heterocycles. The number of nitrogens with one attached hydrogen (secondary N) is 1. The Labute approximate surface area is 157 Å². The van der Waals surface area contributed by atoms with Crippen molar-refractivity contribution in [3.63, 3.8) is 0 Å². The second-order valence-electron chi connectivity index (χ2n) is 7.36. The molecule has 0 bridgehead atoms. The lowest BCUT2D eigenvalue weighted by atomic mass is 9.94. The Balaban J connectivity index is 1.75. The Morgan fingerprint density at radius 1 is 1.15 bits per heavy atom. The molecule has 2 aromatic carbocycles. The Hall–Kier alpha value is -3.14. The SMILES string of the molecule is C=C(c1ccccc1)c1cc(-c2c(C)noc2C)cc2nc(C3CC3)[nH]c12. The highest BCUT2D eigenvalue weighted by Gasteiger charge is 2.28. The van der Waals surface area contributed by atoms with Gasteiger partial charge in [-0.05, 0) is 55.5 Å². The van der Waals surface area contributed by atoms with E-state index in [1.54, 1.807) is 0 Å². The molecular weight excluding hydrogens is 334 g/mol. The van der Waals surface area contributed by atoms with E-state index in [-0.39, 0.29) is 0 Å². The van der Waals surface area contributed by atoms with Crippen molar-refractivity contribution in [1.29, 1.82) is 0 Å². The summed E-state index contributed by atoms with van der Waals surface area (Å²) in [6.07, 6.45) is 2.43. The Morgan fingerprint density at radius 3 is 2.59 bits per heavy atom. The smallest absolute Gasteiger partial charge is 0.141 e. The second kappa shape index (κ2) is 5.95. The average Bonchev–Trinajstić information content (AvgIpc) is 3.36. The molecule has 1 saturated carbocycles. The van der Waals surface area contributed by atoms with Gasteiger partial charge < -0.3 is 9.51 Å². The number of hydrogen-bond donors (Lipinski definition) is 1. The number of imidazole rings is 1. The van der Waals surface area contributed by atoms with E-state index in [2.05, 4.69) is 41.0 Å². The second-order valence-corrected chi connectivity index (χ2v) is 7.36. The zero-order valence-electron chi connectivity index (χ0n) is 15.5. The van der Waals surface area contributed by atoms with E-state index in [0.717, 1.165) is 56.1 Å². The fourth-order valence-electron chi connectivity index (χ4n) is 3.75. The van der Waals surface area contributed by atoms with Crippen LogP contribution in [0.25, 0.3) is 27.7 Å². The van der Waals surface area contributed by atoms with Gasteiger partial charge in [0.2, 0.25) is 0 Å². The highest BCUT2D eigenvalue weighted by atomic mass is 16.5. The third-order valence-corrected chi connectivity index (χ3v) is 5.34. The summed E-state index contributed by atoms with van der Waals surface area (Å²) in [6.45, 7) is 8.32. The predicted molar refractivity (Wildman–Crippen MR) is 108 cm³/mol. The number of benzene rings is 2. The maximum Gasteiger partial charge on any atom is 0.141 e. The first-order valence-corrected chi connectivity index (χ1v) is 9.33. The molecule has 27 heavy (non-hydrogen) atoms. The summed E-state index contributed by atoms with van der Waals surface area (Å²) in [5.74, 6) is 2.47. The van der Waals surface area contributed by atoms with Gasteiger partial charge in [-0.1, -0.05) is 42.1 Å². The van der Waals surface area contributed by atoms with E-state index in [1.165, 1.54) is 12.8 Å². The van der Waals surface area contributed by atoms with Crippen LogP contribution in [-0.4, -0.2) is 15.1 Å². The molecule has 134 valence electrons.